The lowest BCUT2D eigenvalue weighted by molar-refractivity contribution is 0.621. The van der Waals surface area contributed by atoms with E-state index in [1.165, 1.54) is 16.5 Å². The average Bonchev–Trinajstić information content (AvgIpc) is 3.26. The highest BCUT2D eigenvalue weighted by Crippen LogP contribution is 2.30. The molecule has 1 aliphatic rings. The molecule has 130 valence electrons. The Morgan fingerprint density at radius 1 is 1.32 bits per heavy atom. The van der Waals surface area contributed by atoms with E-state index in [1.807, 2.05) is 12.3 Å². The van der Waals surface area contributed by atoms with Crippen LogP contribution in [0, 0.1) is 12.8 Å². The van der Waals surface area contributed by atoms with Gasteiger partial charge in [-0.25, -0.2) is 15.0 Å². The van der Waals surface area contributed by atoms with Crippen molar-refractivity contribution in [2.45, 2.75) is 26.7 Å². The van der Waals surface area contributed by atoms with Gasteiger partial charge in [0.1, 0.15) is 23.6 Å². The molecule has 0 saturated carbocycles. The maximum atomic E-state index is 4.60. The number of rotatable bonds is 5. The van der Waals surface area contributed by atoms with Crippen LogP contribution in [0.15, 0.2) is 30.9 Å². The number of fused-ring (bicyclic) bond motifs is 1. The van der Waals surface area contributed by atoms with E-state index >= 15 is 0 Å². The van der Waals surface area contributed by atoms with E-state index in [9.17, 15) is 0 Å². The van der Waals surface area contributed by atoms with E-state index in [1.54, 1.807) is 6.33 Å². The number of H-pyrrole nitrogens is 1. The molecule has 0 radical (unpaired) electrons. The molecule has 0 aliphatic carbocycles. The first kappa shape index (κ1) is 15.9. The van der Waals surface area contributed by atoms with Gasteiger partial charge in [0.2, 0.25) is 0 Å². The Balaban J connectivity index is 1.47. The molecule has 0 amide bonds. The summed E-state index contributed by atoms with van der Waals surface area (Å²) in [6, 6.07) is 4.11. The van der Waals surface area contributed by atoms with Gasteiger partial charge in [-0.15, -0.1) is 0 Å². The molecule has 0 bridgehead atoms. The van der Waals surface area contributed by atoms with E-state index in [0.717, 1.165) is 49.8 Å². The second-order valence-corrected chi connectivity index (χ2v) is 6.79. The van der Waals surface area contributed by atoms with Crippen LogP contribution in [-0.4, -0.2) is 39.6 Å². The molecule has 0 spiro atoms. The molecule has 1 saturated heterocycles. The number of nitrogens with zero attached hydrogens (tertiary/aromatic N) is 4. The smallest absolute Gasteiger partial charge is 0.143 e. The van der Waals surface area contributed by atoms with Crippen molar-refractivity contribution in [3.63, 3.8) is 0 Å². The fourth-order valence-corrected chi connectivity index (χ4v) is 3.60. The summed E-state index contributed by atoms with van der Waals surface area (Å²) >= 11 is 0. The third kappa shape index (κ3) is 3.16. The normalized spacial score (nSPS) is 17.4. The molecular weight excluding hydrogens is 312 g/mol. The summed E-state index contributed by atoms with van der Waals surface area (Å²) in [4.78, 5) is 19.0. The summed E-state index contributed by atoms with van der Waals surface area (Å²) in [6.45, 7) is 7.25. The molecule has 25 heavy (non-hydrogen) atoms. The molecule has 2 N–H and O–H groups in total. The van der Waals surface area contributed by atoms with Crippen molar-refractivity contribution in [1.82, 2.24) is 19.9 Å². The van der Waals surface area contributed by atoms with Crippen LogP contribution in [-0.2, 0) is 6.42 Å². The number of hydrogen-bond acceptors (Lipinski definition) is 5. The minimum absolute atomic E-state index is 0.594. The first-order valence-electron chi connectivity index (χ1n) is 8.97. The predicted molar refractivity (Wildman–Crippen MR) is 101 cm³/mol. The molecule has 1 atom stereocenters. The Kier molecular flexibility index (Phi) is 4.26. The number of aromatic amines is 1. The molecule has 4 heterocycles. The Morgan fingerprint density at radius 3 is 3.08 bits per heavy atom. The summed E-state index contributed by atoms with van der Waals surface area (Å²) < 4.78 is 0. The van der Waals surface area contributed by atoms with Gasteiger partial charge in [-0.1, -0.05) is 6.92 Å². The summed E-state index contributed by atoms with van der Waals surface area (Å²) in [5.41, 5.74) is 3.46. The lowest BCUT2D eigenvalue weighted by Gasteiger charge is -2.19. The van der Waals surface area contributed by atoms with Crippen LogP contribution in [0.1, 0.15) is 24.5 Å². The summed E-state index contributed by atoms with van der Waals surface area (Å²) in [6.07, 6.45) is 7.72. The number of anilines is 2. The second-order valence-electron chi connectivity index (χ2n) is 6.79. The van der Waals surface area contributed by atoms with Crippen LogP contribution >= 0.6 is 0 Å². The van der Waals surface area contributed by atoms with Crippen molar-refractivity contribution in [3.8, 4) is 0 Å². The lowest BCUT2D eigenvalue weighted by Crippen LogP contribution is -2.23. The highest BCUT2D eigenvalue weighted by molar-refractivity contribution is 5.90. The van der Waals surface area contributed by atoms with Gasteiger partial charge in [0.25, 0.3) is 0 Å². The Bertz CT molecular complexity index is 871. The van der Waals surface area contributed by atoms with Gasteiger partial charge in [-0.2, -0.15) is 0 Å². The molecule has 3 aromatic heterocycles. The molecule has 1 fully saturated rings. The Hall–Kier alpha value is -2.63. The first-order valence-corrected chi connectivity index (χ1v) is 8.97. The average molecular weight is 336 g/mol. The molecular formula is C19H24N6. The van der Waals surface area contributed by atoms with E-state index in [-0.39, 0.29) is 0 Å². The van der Waals surface area contributed by atoms with Gasteiger partial charge >= 0.3 is 0 Å². The minimum Gasteiger partial charge on any atom is -0.370 e. The van der Waals surface area contributed by atoms with Crippen LogP contribution in [0.25, 0.3) is 11.0 Å². The largest absolute Gasteiger partial charge is 0.370 e. The zero-order chi connectivity index (χ0) is 17.2. The van der Waals surface area contributed by atoms with Gasteiger partial charge in [0, 0.05) is 32.0 Å². The maximum absolute atomic E-state index is 4.60. The molecule has 1 aliphatic heterocycles. The van der Waals surface area contributed by atoms with E-state index in [0.29, 0.717) is 5.92 Å². The fraction of sp³-hybridized carbons (Fsp3) is 0.421. The SMILES string of the molecule is CCc1c[nH]c2ncnc(N3CCC(CNc4cc(C)ccn4)C3)c12. The fourth-order valence-electron chi connectivity index (χ4n) is 3.60. The van der Waals surface area contributed by atoms with Crippen LogP contribution in [0.5, 0.6) is 0 Å². The third-order valence-electron chi connectivity index (χ3n) is 4.99. The highest BCUT2D eigenvalue weighted by atomic mass is 15.2. The predicted octanol–water partition coefficient (Wildman–Crippen LogP) is 3.16. The molecule has 6 heteroatoms. The molecule has 1 unspecified atom stereocenters. The Morgan fingerprint density at radius 2 is 2.24 bits per heavy atom. The zero-order valence-corrected chi connectivity index (χ0v) is 14.8. The summed E-state index contributed by atoms with van der Waals surface area (Å²) in [5, 5.41) is 4.66. The summed E-state index contributed by atoms with van der Waals surface area (Å²) in [7, 11) is 0. The maximum Gasteiger partial charge on any atom is 0.143 e. The number of aryl methyl sites for hydroxylation is 2. The monoisotopic (exact) mass is 336 g/mol. The highest BCUT2D eigenvalue weighted by Gasteiger charge is 2.25. The van der Waals surface area contributed by atoms with Crippen LogP contribution in [0.3, 0.4) is 0 Å². The molecule has 4 rings (SSSR count). The van der Waals surface area contributed by atoms with E-state index < -0.39 is 0 Å². The minimum atomic E-state index is 0.594. The first-order chi connectivity index (χ1) is 12.2. The van der Waals surface area contributed by atoms with Gasteiger partial charge in [-0.3, -0.25) is 0 Å². The topological polar surface area (TPSA) is 69.7 Å². The van der Waals surface area contributed by atoms with Crippen molar-refractivity contribution in [3.05, 3.63) is 42.0 Å². The zero-order valence-electron chi connectivity index (χ0n) is 14.8. The van der Waals surface area contributed by atoms with Crippen molar-refractivity contribution in [2.75, 3.05) is 29.9 Å². The van der Waals surface area contributed by atoms with Crippen molar-refractivity contribution >= 4 is 22.7 Å². The third-order valence-corrected chi connectivity index (χ3v) is 4.99. The van der Waals surface area contributed by atoms with Crippen molar-refractivity contribution in [1.29, 1.82) is 0 Å². The number of nitrogens with one attached hydrogen (secondary N) is 2. The van der Waals surface area contributed by atoms with Crippen LogP contribution in [0.4, 0.5) is 11.6 Å². The van der Waals surface area contributed by atoms with Crippen LogP contribution in [0.2, 0.25) is 0 Å². The number of aromatic nitrogens is 4. The quantitative estimate of drug-likeness (QED) is 0.749. The van der Waals surface area contributed by atoms with Gasteiger partial charge in [0.15, 0.2) is 0 Å². The van der Waals surface area contributed by atoms with Crippen LogP contribution < -0.4 is 10.2 Å². The Labute approximate surface area is 147 Å². The van der Waals surface area contributed by atoms with E-state index in [2.05, 4.69) is 56.3 Å². The lowest BCUT2D eigenvalue weighted by atomic mass is 10.1. The second kappa shape index (κ2) is 6.70. The summed E-state index contributed by atoms with van der Waals surface area (Å²) in [5.74, 6) is 2.62. The number of hydrogen-bond donors (Lipinski definition) is 2. The number of pyridine rings is 1. The van der Waals surface area contributed by atoms with E-state index in [4.69, 9.17) is 0 Å². The molecule has 6 nitrogen and oxygen atoms in total. The standard InChI is InChI=1S/C19H24N6/c1-3-15-10-22-18-17(15)19(24-12-23-18)25-7-5-14(11-25)9-21-16-8-13(2)4-6-20-16/h4,6,8,10,12,14H,3,5,7,9,11H2,1-2H3,(H,20,21)(H,22,23,24). The van der Waals surface area contributed by atoms with Gasteiger partial charge in [0.05, 0.1) is 5.39 Å². The molecule has 0 aromatic carbocycles. The van der Waals surface area contributed by atoms with Crippen molar-refractivity contribution < 1.29 is 0 Å². The van der Waals surface area contributed by atoms with Gasteiger partial charge in [-0.05, 0) is 48.9 Å². The van der Waals surface area contributed by atoms with Crippen molar-refractivity contribution in [2.24, 2.45) is 5.92 Å². The molecule has 3 aromatic rings. The van der Waals surface area contributed by atoms with Gasteiger partial charge < -0.3 is 15.2 Å².